The summed E-state index contributed by atoms with van der Waals surface area (Å²) in [5, 5.41) is 10.2. The molecule has 2 aromatic rings. The van der Waals surface area contributed by atoms with Gasteiger partial charge in [-0.3, -0.25) is 9.48 Å². The van der Waals surface area contributed by atoms with Crippen LogP contribution in [0.1, 0.15) is 17.0 Å². The van der Waals surface area contributed by atoms with Crippen LogP contribution in [0.25, 0.3) is 0 Å². The third-order valence-corrected chi connectivity index (χ3v) is 4.54. The lowest BCUT2D eigenvalue weighted by atomic mass is 9.90. The van der Waals surface area contributed by atoms with Gasteiger partial charge < -0.3 is 15.4 Å². The Balaban J connectivity index is 1.48. The van der Waals surface area contributed by atoms with Crippen molar-refractivity contribution in [1.29, 1.82) is 0 Å². The lowest BCUT2D eigenvalue weighted by Gasteiger charge is -2.17. The predicted molar refractivity (Wildman–Crippen MR) is 92.3 cm³/mol. The van der Waals surface area contributed by atoms with Gasteiger partial charge in [0, 0.05) is 32.3 Å². The van der Waals surface area contributed by atoms with E-state index < -0.39 is 11.7 Å². The molecule has 0 saturated carbocycles. The summed E-state index contributed by atoms with van der Waals surface area (Å²) in [4.78, 5) is 12.5. The number of amides is 1. The summed E-state index contributed by atoms with van der Waals surface area (Å²) in [5.74, 6) is -0.165. The van der Waals surface area contributed by atoms with Crippen molar-refractivity contribution in [3.63, 3.8) is 0 Å². The third-order valence-electron chi connectivity index (χ3n) is 4.54. The monoisotopic (exact) mass is 382 g/mol. The first-order valence-electron chi connectivity index (χ1n) is 8.61. The van der Waals surface area contributed by atoms with Gasteiger partial charge in [-0.25, -0.2) is 0 Å². The normalized spacial score (nSPS) is 19.9. The number of aromatic nitrogens is 2. The molecule has 27 heavy (non-hydrogen) atoms. The first-order chi connectivity index (χ1) is 12.8. The highest BCUT2D eigenvalue weighted by Crippen LogP contribution is 2.31. The lowest BCUT2D eigenvalue weighted by molar-refractivity contribution is -0.137. The Morgan fingerprint density at radius 3 is 2.93 bits per heavy atom. The summed E-state index contributed by atoms with van der Waals surface area (Å²) in [5.41, 5.74) is 0.239. The highest BCUT2D eigenvalue weighted by atomic mass is 19.4. The Morgan fingerprint density at radius 1 is 1.41 bits per heavy atom. The van der Waals surface area contributed by atoms with Crippen LogP contribution in [-0.4, -0.2) is 41.9 Å². The fourth-order valence-corrected chi connectivity index (χ4v) is 3.17. The van der Waals surface area contributed by atoms with E-state index in [1.54, 1.807) is 10.9 Å². The van der Waals surface area contributed by atoms with Crippen LogP contribution in [0.5, 0.6) is 5.75 Å². The van der Waals surface area contributed by atoms with E-state index in [0.717, 1.165) is 17.7 Å². The Labute approximate surface area is 154 Å². The average molecular weight is 382 g/mol. The molecule has 0 bridgehead atoms. The fourth-order valence-electron chi connectivity index (χ4n) is 3.17. The number of carbonyl (C=O) groups is 1. The first kappa shape index (κ1) is 19.2. The second-order valence-electron chi connectivity index (χ2n) is 6.48. The van der Waals surface area contributed by atoms with Gasteiger partial charge in [0.1, 0.15) is 12.4 Å². The van der Waals surface area contributed by atoms with Crippen molar-refractivity contribution >= 4 is 5.91 Å². The maximum absolute atomic E-state index is 12.7. The van der Waals surface area contributed by atoms with Gasteiger partial charge in [0.2, 0.25) is 5.91 Å². The van der Waals surface area contributed by atoms with Gasteiger partial charge >= 0.3 is 6.18 Å². The molecule has 0 aliphatic carbocycles. The van der Waals surface area contributed by atoms with Crippen LogP contribution >= 0.6 is 0 Å². The average Bonchev–Trinajstić information content (AvgIpc) is 3.26. The van der Waals surface area contributed by atoms with Gasteiger partial charge in [-0.05, 0) is 23.8 Å². The van der Waals surface area contributed by atoms with E-state index in [4.69, 9.17) is 4.74 Å². The largest absolute Gasteiger partial charge is 0.492 e. The van der Waals surface area contributed by atoms with Crippen molar-refractivity contribution in [3.05, 3.63) is 47.8 Å². The second kappa shape index (κ2) is 7.99. The summed E-state index contributed by atoms with van der Waals surface area (Å²) >= 11 is 0. The highest BCUT2D eigenvalue weighted by molar-refractivity contribution is 5.80. The molecule has 1 aliphatic heterocycles. The molecule has 146 valence electrons. The molecular weight excluding hydrogens is 361 g/mol. The molecule has 3 rings (SSSR count). The van der Waals surface area contributed by atoms with Gasteiger partial charge in [-0.2, -0.15) is 18.3 Å². The minimum atomic E-state index is -4.41. The van der Waals surface area contributed by atoms with E-state index in [2.05, 4.69) is 15.7 Å². The maximum atomic E-state index is 12.7. The molecule has 1 aromatic carbocycles. The zero-order chi connectivity index (χ0) is 19.4. The second-order valence-corrected chi connectivity index (χ2v) is 6.48. The van der Waals surface area contributed by atoms with Crippen molar-refractivity contribution in [2.45, 2.75) is 12.1 Å². The molecule has 6 nitrogen and oxygen atoms in total. The summed E-state index contributed by atoms with van der Waals surface area (Å²) in [6, 6.07) is 4.68. The van der Waals surface area contributed by atoms with Crippen LogP contribution in [0, 0.1) is 5.92 Å². The van der Waals surface area contributed by atoms with Gasteiger partial charge in [-0.1, -0.05) is 6.07 Å². The van der Waals surface area contributed by atoms with Gasteiger partial charge in [0.05, 0.1) is 24.2 Å². The molecule has 1 amide bonds. The minimum Gasteiger partial charge on any atom is -0.492 e. The van der Waals surface area contributed by atoms with Crippen molar-refractivity contribution in [2.75, 3.05) is 26.2 Å². The Hall–Kier alpha value is -2.55. The fraction of sp³-hybridized carbons (Fsp3) is 0.444. The molecule has 0 radical (unpaired) electrons. The van der Waals surface area contributed by atoms with E-state index in [-0.39, 0.29) is 36.6 Å². The molecule has 2 N–H and O–H groups in total. The molecule has 1 aliphatic rings. The van der Waals surface area contributed by atoms with Crippen LogP contribution < -0.4 is 15.4 Å². The van der Waals surface area contributed by atoms with Crippen molar-refractivity contribution in [2.24, 2.45) is 13.0 Å². The number of carbonyl (C=O) groups excluding carboxylic acids is 1. The SMILES string of the molecule is Cn1cc([C@H]2CNC[C@@H]2C(=O)NCCOc2cccc(C(F)(F)F)c2)cn1. The number of halogens is 3. The van der Waals surface area contributed by atoms with Gasteiger partial charge in [-0.15, -0.1) is 0 Å². The van der Waals surface area contributed by atoms with Crippen LogP contribution in [0.15, 0.2) is 36.7 Å². The first-order valence-corrected chi connectivity index (χ1v) is 8.61. The number of alkyl halides is 3. The smallest absolute Gasteiger partial charge is 0.416 e. The summed E-state index contributed by atoms with van der Waals surface area (Å²) < 4.78 is 45.1. The number of nitrogens with zero attached hydrogens (tertiary/aromatic N) is 2. The molecular formula is C18H21F3N4O2. The number of hydrogen-bond donors (Lipinski definition) is 2. The summed E-state index contributed by atoms with van der Waals surface area (Å²) in [7, 11) is 1.83. The number of benzene rings is 1. The molecule has 2 heterocycles. The van der Waals surface area contributed by atoms with Crippen LogP contribution in [-0.2, 0) is 18.0 Å². The van der Waals surface area contributed by atoms with Crippen LogP contribution in [0.2, 0.25) is 0 Å². The number of rotatable bonds is 6. The van der Waals surface area contributed by atoms with Crippen molar-refractivity contribution in [1.82, 2.24) is 20.4 Å². The van der Waals surface area contributed by atoms with E-state index in [9.17, 15) is 18.0 Å². The number of hydrogen-bond acceptors (Lipinski definition) is 4. The molecule has 0 spiro atoms. The Morgan fingerprint density at radius 2 is 2.22 bits per heavy atom. The lowest BCUT2D eigenvalue weighted by Crippen LogP contribution is -2.36. The van der Waals surface area contributed by atoms with E-state index >= 15 is 0 Å². The maximum Gasteiger partial charge on any atom is 0.416 e. The number of nitrogens with one attached hydrogen (secondary N) is 2. The molecule has 1 fully saturated rings. The van der Waals surface area contributed by atoms with Gasteiger partial charge in [0.25, 0.3) is 0 Å². The molecule has 1 saturated heterocycles. The quantitative estimate of drug-likeness (QED) is 0.750. The summed E-state index contributed by atoms with van der Waals surface area (Å²) in [6.45, 7) is 1.57. The Kier molecular flexibility index (Phi) is 5.69. The van der Waals surface area contributed by atoms with Crippen molar-refractivity contribution < 1.29 is 22.7 Å². The van der Waals surface area contributed by atoms with E-state index in [1.807, 2.05) is 13.2 Å². The minimum absolute atomic E-state index is 0.0445. The van der Waals surface area contributed by atoms with Crippen molar-refractivity contribution in [3.8, 4) is 5.75 Å². The zero-order valence-electron chi connectivity index (χ0n) is 14.8. The number of aryl methyl sites for hydroxylation is 1. The molecule has 0 unspecified atom stereocenters. The zero-order valence-corrected chi connectivity index (χ0v) is 14.8. The molecule has 9 heteroatoms. The molecule has 2 atom stereocenters. The van der Waals surface area contributed by atoms with Gasteiger partial charge in [0.15, 0.2) is 0 Å². The van der Waals surface area contributed by atoms with E-state index in [1.165, 1.54) is 12.1 Å². The van der Waals surface area contributed by atoms with Crippen LogP contribution in [0.3, 0.4) is 0 Å². The number of ether oxygens (including phenoxy) is 1. The Bertz CT molecular complexity index is 791. The van der Waals surface area contributed by atoms with Crippen LogP contribution in [0.4, 0.5) is 13.2 Å². The topological polar surface area (TPSA) is 68.2 Å². The molecule has 1 aromatic heterocycles. The third kappa shape index (κ3) is 4.79. The van der Waals surface area contributed by atoms with E-state index in [0.29, 0.717) is 13.1 Å². The predicted octanol–water partition coefficient (Wildman–Crippen LogP) is 1.94. The highest BCUT2D eigenvalue weighted by Gasteiger charge is 2.34. The summed E-state index contributed by atoms with van der Waals surface area (Å²) in [6.07, 6.45) is -0.756. The standard InChI is InChI=1S/C18H21F3N4O2/c1-25-11-12(8-24-25)15-9-22-10-16(15)17(26)23-5-6-27-14-4-2-3-13(7-14)18(19,20)21/h2-4,7-8,11,15-16,22H,5-6,9-10H2,1H3,(H,23,26)/t15-,16+/m1/s1.